The molecule has 0 heterocycles. The first-order chi connectivity index (χ1) is 34.5. The Morgan fingerprint density at radius 3 is 1.20 bits per heavy atom. The Hall–Kier alpha value is -2.81. The zero-order valence-electron chi connectivity index (χ0n) is 46.4. The van der Waals surface area contributed by atoms with Crippen LogP contribution in [0.4, 0.5) is 0 Å². The number of phosphoric ester groups is 1. The lowest BCUT2D eigenvalue weighted by molar-refractivity contribution is -0.870. The number of quaternary nitrogens is 1. The van der Waals surface area contributed by atoms with Gasteiger partial charge in [-0.1, -0.05) is 221 Å². The van der Waals surface area contributed by atoms with E-state index in [-0.39, 0.29) is 26.1 Å². The second-order valence-electron chi connectivity index (χ2n) is 20.3. The molecule has 0 aliphatic carbocycles. The molecule has 0 fully saturated rings. The molecule has 0 N–H and O–H groups in total. The lowest BCUT2D eigenvalue weighted by Crippen LogP contribution is -2.37. The molecule has 0 saturated heterocycles. The molecule has 0 saturated carbocycles. The normalized spacial score (nSPS) is 13.9. The molecule has 0 spiro atoms. The number of hydrogen-bond donors (Lipinski definition) is 0. The molecule has 410 valence electrons. The molecule has 0 bridgehead atoms. The second kappa shape index (κ2) is 52.1. The van der Waals surface area contributed by atoms with Gasteiger partial charge in [-0.15, -0.1) is 0 Å². The van der Waals surface area contributed by atoms with Crippen LogP contribution in [0, 0.1) is 0 Å². The monoisotopic (exact) mass is 1010 g/mol. The van der Waals surface area contributed by atoms with Crippen molar-refractivity contribution in [1.82, 2.24) is 0 Å². The van der Waals surface area contributed by atoms with E-state index >= 15 is 0 Å². The number of unbranched alkanes of at least 4 members (excludes halogenated alkanes) is 24. The van der Waals surface area contributed by atoms with Gasteiger partial charge in [0.05, 0.1) is 27.7 Å². The van der Waals surface area contributed by atoms with Gasteiger partial charge in [-0.3, -0.25) is 14.2 Å². The van der Waals surface area contributed by atoms with Gasteiger partial charge in [-0.05, 0) is 89.9 Å². The summed E-state index contributed by atoms with van der Waals surface area (Å²) >= 11 is 0. The lowest BCUT2D eigenvalue weighted by Gasteiger charge is -2.28. The summed E-state index contributed by atoms with van der Waals surface area (Å²) in [7, 11) is 1.15. The minimum atomic E-state index is -4.64. The van der Waals surface area contributed by atoms with Crippen molar-refractivity contribution in [3.63, 3.8) is 0 Å². The van der Waals surface area contributed by atoms with Crippen molar-refractivity contribution in [2.75, 3.05) is 47.5 Å². The van der Waals surface area contributed by atoms with Crippen LogP contribution in [0.5, 0.6) is 0 Å². The highest BCUT2D eigenvalue weighted by Crippen LogP contribution is 2.38. The van der Waals surface area contributed by atoms with E-state index in [1.165, 1.54) is 109 Å². The third-order valence-electron chi connectivity index (χ3n) is 12.1. The number of nitrogens with zero attached hydrogens (tertiary/aromatic N) is 1. The molecule has 0 amide bonds. The van der Waals surface area contributed by atoms with E-state index < -0.39 is 32.5 Å². The van der Waals surface area contributed by atoms with Crippen molar-refractivity contribution in [3.8, 4) is 0 Å². The maximum absolute atomic E-state index is 12.8. The molecular formula is C61H108NO8P. The van der Waals surface area contributed by atoms with Crippen LogP contribution in [0.25, 0.3) is 0 Å². The van der Waals surface area contributed by atoms with Crippen LogP contribution in [-0.4, -0.2) is 70.0 Å². The molecule has 0 radical (unpaired) electrons. The number of carbonyl (C=O) groups is 2. The molecule has 10 heteroatoms. The standard InChI is InChI=1S/C61H108NO8P/c1-6-8-10-12-14-16-18-20-22-24-25-26-27-28-29-30-31-32-33-34-35-36-37-38-40-42-44-46-48-50-52-54-61(64)70-59(58-69-71(65,66)68-56-55-62(3,4)5)57-67-60(63)53-51-49-47-45-43-41-39-23-21-19-17-15-13-11-9-7-2/h8,10,14,16-17,19-20,22-23,25-26,28-29,39,59H,6-7,9,11-13,15,18,21,24,27,30-38,40-58H2,1-5H3/b10-8-,16-14-,19-17-,22-20-,26-25-,29-28-,39-23-. The number of ether oxygens (including phenoxy) is 2. The molecule has 0 aliphatic rings. The largest absolute Gasteiger partial charge is 0.756 e. The summed E-state index contributed by atoms with van der Waals surface area (Å²) in [5, 5.41) is 0. The average molecular weight is 1010 g/mol. The van der Waals surface area contributed by atoms with Crippen molar-refractivity contribution in [3.05, 3.63) is 85.1 Å². The van der Waals surface area contributed by atoms with E-state index in [0.717, 1.165) is 89.9 Å². The van der Waals surface area contributed by atoms with Crippen LogP contribution in [0.15, 0.2) is 85.1 Å². The smallest absolute Gasteiger partial charge is 0.306 e. The first-order valence-corrected chi connectivity index (χ1v) is 30.3. The number of rotatable bonds is 52. The van der Waals surface area contributed by atoms with Crippen molar-refractivity contribution in [1.29, 1.82) is 0 Å². The van der Waals surface area contributed by atoms with Crippen LogP contribution in [0.2, 0.25) is 0 Å². The Morgan fingerprint density at radius 1 is 0.451 bits per heavy atom. The first-order valence-electron chi connectivity index (χ1n) is 28.8. The van der Waals surface area contributed by atoms with E-state index in [2.05, 4.69) is 98.9 Å². The fourth-order valence-electron chi connectivity index (χ4n) is 7.71. The summed E-state index contributed by atoms with van der Waals surface area (Å²) in [6.07, 6.45) is 69.1. The first kappa shape index (κ1) is 68.2. The summed E-state index contributed by atoms with van der Waals surface area (Å²) in [4.78, 5) is 37.8. The number of hydrogen-bond acceptors (Lipinski definition) is 8. The summed E-state index contributed by atoms with van der Waals surface area (Å²) in [6, 6.07) is 0. The van der Waals surface area contributed by atoms with Gasteiger partial charge >= 0.3 is 11.9 Å². The Labute approximate surface area is 437 Å². The van der Waals surface area contributed by atoms with E-state index in [0.29, 0.717) is 23.9 Å². The Morgan fingerprint density at radius 2 is 0.803 bits per heavy atom. The van der Waals surface area contributed by atoms with Crippen LogP contribution in [0.1, 0.15) is 239 Å². The highest BCUT2D eigenvalue weighted by Gasteiger charge is 2.21. The fraction of sp³-hybridized carbons (Fsp3) is 0.738. The molecule has 0 aromatic rings. The van der Waals surface area contributed by atoms with Gasteiger partial charge in [0.15, 0.2) is 6.10 Å². The molecule has 2 unspecified atom stereocenters. The zero-order chi connectivity index (χ0) is 52.0. The molecule has 71 heavy (non-hydrogen) atoms. The van der Waals surface area contributed by atoms with Gasteiger partial charge in [0, 0.05) is 12.8 Å². The Balaban J connectivity index is 4.12. The van der Waals surface area contributed by atoms with Gasteiger partial charge in [0.2, 0.25) is 0 Å². The molecule has 0 aliphatic heterocycles. The lowest BCUT2D eigenvalue weighted by atomic mass is 10.0. The van der Waals surface area contributed by atoms with Gasteiger partial charge in [-0.25, -0.2) is 0 Å². The van der Waals surface area contributed by atoms with Gasteiger partial charge < -0.3 is 27.9 Å². The number of allylic oxidation sites excluding steroid dienone is 14. The highest BCUT2D eigenvalue weighted by molar-refractivity contribution is 7.45. The number of phosphoric acid groups is 1. The van der Waals surface area contributed by atoms with Gasteiger partial charge in [0.1, 0.15) is 19.8 Å². The summed E-state index contributed by atoms with van der Waals surface area (Å²) in [5.41, 5.74) is 0. The summed E-state index contributed by atoms with van der Waals surface area (Å²) < 4.78 is 34.1. The fourth-order valence-corrected chi connectivity index (χ4v) is 8.44. The zero-order valence-corrected chi connectivity index (χ0v) is 47.3. The van der Waals surface area contributed by atoms with Crippen LogP contribution in [0.3, 0.4) is 0 Å². The van der Waals surface area contributed by atoms with Crippen LogP contribution < -0.4 is 4.89 Å². The van der Waals surface area contributed by atoms with Crippen molar-refractivity contribution in [2.45, 2.75) is 245 Å². The molecule has 0 aromatic carbocycles. The molecule has 0 rings (SSSR count). The number of carbonyl (C=O) groups excluding carboxylic acids is 2. The third-order valence-corrected chi connectivity index (χ3v) is 13.1. The number of esters is 2. The third kappa shape index (κ3) is 56.3. The van der Waals surface area contributed by atoms with E-state index in [4.69, 9.17) is 18.5 Å². The van der Waals surface area contributed by atoms with E-state index in [1.54, 1.807) is 0 Å². The quantitative estimate of drug-likeness (QED) is 0.0195. The summed E-state index contributed by atoms with van der Waals surface area (Å²) in [6.45, 7) is 4.10. The average Bonchev–Trinajstić information content (AvgIpc) is 3.33. The minimum absolute atomic E-state index is 0.0357. The molecule has 2 atom stereocenters. The topological polar surface area (TPSA) is 111 Å². The SMILES string of the molecule is CC/C=C\C/C=C\C/C=C\C/C=C\C/C=C\CCCCCCCCCCCCCCCCCC(=O)OC(COC(=O)CCCCCCC/C=C\C/C=C\CCCCCC)COP(=O)([O-])OCC[N+](C)(C)C. The number of likely N-dealkylation sites (N-methyl/N-ethyl adjacent to an activating group) is 1. The van der Waals surface area contributed by atoms with Gasteiger partial charge in [0.25, 0.3) is 7.82 Å². The molecule has 9 nitrogen and oxygen atoms in total. The molecular weight excluding hydrogens is 906 g/mol. The maximum Gasteiger partial charge on any atom is 0.306 e. The molecule has 0 aromatic heterocycles. The van der Waals surface area contributed by atoms with E-state index in [9.17, 15) is 19.0 Å². The van der Waals surface area contributed by atoms with Crippen molar-refractivity contribution in [2.24, 2.45) is 0 Å². The maximum atomic E-state index is 12.8. The van der Waals surface area contributed by atoms with Crippen LogP contribution >= 0.6 is 7.82 Å². The summed E-state index contributed by atoms with van der Waals surface area (Å²) in [5.74, 6) is -0.848. The van der Waals surface area contributed by atoms with E-state index in [1.807, 2.05) is 21.1 Å². The predicted octanol–water partition coefficient (Wildman–Crippen LogP) is 17.2. The Bertz CT molecular complexity index is 1470. The minimum Gasteiger partial charge on any atom is -0.756 e. The van der Waals surface area contributed by atoms with Crippen molar-refractivity contribution < 1.29 is 42.1 Å². The highest BCUT2D eigenvalue weighted by atomic mass is 31.2. The van der Waals surface area contributed by atoms with Crippen LogP contribution in [-0.2, 0) is 32.7 Å². The van der Waals surface area contributed by atoms with Gasteiger partial charge in [-0.2, -0.15) is 0 Å². The second-order valence-corrected chi connectivity index (χ2v) is 21.7. The Kier molecular flexibility index (Phi) is 50.0. The van der Waals surface area contributed by atoms with Crippen molar-refractivity contribution >= 4 is 19.8 Å². The predicted molar refractivity (Wildman–Crippen MR) is 300 cm³/mol.